The third-order valence-corrected chi connectivity index (χ3v) is 10.1. The van der Waals surface area contributed by atoms with Crippen molar-refractivity contribution in [2.45, 2.75) is 58.3 Å². The Hall–Kier alpha value is -2.25. The first kappa shape index (κ1) is 22.0. The lowest BCUT2D eigenvalue weighted by Gasteiger charge is -2.36. The fraction of sp³-hybridized carbons (Fsp3) is 0.476. The Bertz CT molecular complexity index is 939. The third kappa shape index (κ3) is 4.77. The normalized spacial score (nSPS) is 13.4. The van der Waals surface area contributed by atoms with E-state index in [1.54, 1.807) is 30.3 Å². The van der Waals surface area contributed by atoms with E-state index in [0.29, 0.717) is 23.2 Å². The van der Waals surface area contributed by atoms with Gasteiger partial charge in [0.1, 0.15) is 0 Å². The van der Waals surface area contributed by atoms with Crippen LogP contribution in [0.3, 0.4) is 0 Å². The molecule has 2 aromatic rings. The molecule has 0 bridgehead atoms. The Kier molecular flexibility index (Phi) is 6.62. The molecule has 0 aliphatic rings. The van der Waals surface area contributed by atoms with Crippen molar-refractivity contribution in [3.8, 4) is 0 Å². The zero-order valence-corrected chi connectivity index (χ0v) is 18.6. The number of aromatic nitrogens is 2. The highest BCUT2D eigenvalue weighted by atomic mass is 28.4. The van der Waals surface area contributed by atoms with Gasteiger partial charge in [0, 0.05) is 30.5 Å². The minimum atomic E-state index is -1.86. The Labute approximate surface area is 166 Å². The van der Waals surface area contributed by atoms with Crippen LogP contribution in [0.1, 0.15) is 50.5 Å². The molecule has 1 unspecified atom stereocenters. The summed E-state index contributed by atoms with van der Waals surface area (Å²) < 4.78 is 8.31. The van der Waals surface area contributed by atoms with E-state index in [0.717, 1.165) is 0 Å². The summed E-state index contributed by atoms with van der Waals surface area (Å²) in [5.74, 6) is -0.616. The van der Waals surface area contributed by atoms with Gasteiger partial charge in [-0.25, -0.2) is 4.79 Å². The quantitative estimate of drug-likeness (QED) is 0.691. The van der Waals surface area contributed by atoms with E-state index in [1.165, 1.54) is 16.8 Å². The molecule has 0 aliphatic carbocycles. The highest BCUT2D eigenvalue weighted by Gasteiger charge is 2.37. The monoisotopic (exact) mass is 402 g/mol. The van der Waals surface area contributed by atoms with Crippen molar-refractivity contribution in [2.75, 3.05) is 6.61 Å². The second kappa shape index (κ2) is 8.41. The fourth-order valence-electron chi connectivity index (χ4n) is 2.56. The fourth-order valence-corrected chi connectivity index (χ4v) is 3.63. The topological polar surface area (TPSA) is 70.3 Å². The maximum atomic E-state index is 12.8. The van der Waals surface area contributed by atoms with Gasteiger partial charge in [0.2, 0.25) is 0 Å². The molecule has 152 valence electrons. The van der Waals surface area contributed by atoms with Gasteiger partial charge in [0.05, 0.1) is 0 Å². The molecule has 2 rings (SSSR count). The van der Waals surface area contributed by atoms with Crippen LogP contribution in [-0.4, -0.2) is 30.0 Å². The molecule has 0 N–H and O–H groups in total. The Morgan fingerprint density at radius 3 is 2.29 bits per heavy atom. The van der Waals surface area contributed by atoms with Gasteiger partial charge in [-0.1, -0.05) is 39.0 Å². The first-order chi connectivity index (χ1) is 13.0. The SMILES string of the molecule is CC(CCO[Si](C)(C)C(C)(C)C)n1ccc(=O)n(C(=O)c2ccccc2)c1=O. The second-order valence-corrected chi connectivity index (χ2v) is 13.4. The van der Waals surface area contributed by atoms with Crippen LogP contribution in [0.2, 0.25) is 18.1 Å². The van der Waals surface area contributed by atoms with E-state index in [9.17, 15) is 14.4 Å². The van der Waals surface area contributed by atoms with Crippen molar-refractivity contribution < 1.29 is 9.22 Å². The van der Waals surface area contributed by atoms with Gasteiger partial charge in [0.25, 0.3) is 11.5 Å². The third-order valence-electron chi connectivity index (χ3n) is 5.51. The molecule has 6 nitrogen and oxygen atoms in total. The molecular weight excluding hydrogens is 372 g/mol. The van der Waals surface area contributed by atoms with E-state index in [4.69, 9.17) is 4.43 Å². The summed E-state index contributed by atoms with van der Waals surface area (Å²) in [6.45, 7) is 13.3. The van der Waals surface area contributed by atoms with Crippen molar-refractivity contribution in [3.05, 3.63) is 69.0 Å². The van der Waals surface area contributed by atoms with Crippen molar-refractivity contribution in [2.24, 2.45) is 0 Å². The lowest BCUT2D eigenvalue weighted by atomic mass is 10.2. The molecule has 1 heterocycles. The highest BCUT2D eigenvalue weighted by Crippen LogP contribution is 2.36. The average Bonchev–Trinajstić information content (AvgIpc) is 2.61. The number of hydrogen-bond donors (Lipinski definition) is 0. The van der Waals surface area contributed by atoms with Gasteiger partial charge < -0.3 is 4.43 Å². The molecule has 0 spiro atoms. The lowest BCUT2D eigenvalue weighted by molar-refractivity contribution is 0.0947. The second-order valence-electron chi connectivity index (χ2n) is 8.60. The van der Waals surface area contributed by atoms with Gasteiger partial charge in [-0.3, -0.25) is 14.2 Å². The predicted octanol–water partition coefficient (Wildman–Crippen LogP) is 3.67. The molecule has 0 radical (unpaired) electrons. The number of rotatable bonds is 6. The number of nitrogens with zero attached hydrogens (tertiary/aromatic N) is 2. The molecule has 0 fully saturated rings. The minimum absolute atomic E-state index is 0.113. The summed E-state index contributed by atoms with van der Waals surface area (Å²) in [4.78, 5) is 37.7. The van der Waals surface area contributed by atoms with Crippen molar-refractivity contribution in [1.29, 1.82) is 0 Å². The van der Waals surface area contributed by atoms with E-state index >= 15 is 0 Å². The van der Waals surface area contributed by atoms with Crippen molar-refractivity contribution in [3.63, 3.8) is 0 Å². The first-order valence-electron chi connectivity index (χ1n) is 9.53. The smallest absolute Gasteiger partial charge is 0.338 e. The van der Waals surface area contributed by atoms with Gasteiger partial charge in [-0.2, -0.15) is 4.57 Å². The van der Waals surface area contributed by atoms with Crippen molar-refractivity contribution >= 4 is 14.2 Å². The Balaban J connectivity index is 2.22. The molecule has 0 saturated heterocycles. The summed E-state index contributed by atoms with van der Waals surface area (Å²) in [5.41, 5.74) is -0.950. The maximum absolute atomic E-state index is 12.8. The molecule has 1 aromatic heterocycles. The molecule has 1 atom stereocenters. The first-order valence-corrected chi connectivity index (χ1v) is 12.4. The summed E-state index contributed by atoms with van der Waals surface area (Å²) in [7, 11) is -1.86. The molecule has 7 heteroatoms. The minimum Gasteiger partial charge on any atom is -0.417 e. The molecule has 0 aliphatic heterocycles. The maximum Gasteiger partial charge on any atom is 0.338 e. The van der Waals surface area contributed by atoms with E-state index < -0.39 is 25.5 Å². The van der Waals surface area contributed by atoms with Gasteiger partial charge in [0.15, 0.2) is 8.32 Å². The van der Waals surface area contributed by atoms with E-state index in [2.05, 4.69) is 33.9 Å². The summed E-state index contributed by atoms with van der Waals surface area (Å²) >= 11 is 0. The zero-order valence-electron chi connectivity index (χ0n) is 17.6. The van der Waals surface area contributed by atoms with Crippen LogP contribution in [0.15, 0.2) is 52.2 Å². The van der Waals surface area contributed by atoms with Crippen LogP contribution in [-0.2, 0) is 4.43 Å². The van der Waals surface area contributed by atoms with Crippen LogP contribution in [0.4, 0.5) is 0 Å². The van der Waals surface area contributed by atoms with Crippen LogP contribution in [0.25, 0.3) is 0 Å². The molecule has 0 saturated carbocycles. The number of carbonyl (C=O) groups is 1. The standard InChI is InChI=1S/C21H30N2O4Si/c1-16(13-15-27-28(5,6)21(2,3)4)22-14-12-18(24)23(20(22)26)19(25)17-10-8-7-9-11-17/h7-12,14,16H,13,15H2,1-6H3. The number of hydrogen-bond acceptors (Lipinski definition) is 4. The van der Waals surface area contributed by atoms with Crippen LogP contribution in [0, 0.1) is 0 Å². The van der Waals surface area contributed by atoms with Gasteiger partial charge in [-0.15, -0.1) is 0 Å². The average molecular weight is 403 g/mol. The van der Waals surface area contributed by atoms with E-state index in [1.807, 2.05) is 6.92 Å². The summed E-state index contributed by atoms with van der Waals surface area (Å²) in [6.07, 6.45) is 2.07. The van der Waals surface area contributed by atoms with Gasteiger partial charge >= 0.3 is 5.69 Å². The molecular formula is C21H30N2O4Si. The van der Waals surface area contributed by atoms with Crippen LogP contribution >= 0.6 is 0 Å². The Morgan fingerprint density at radius 2 is 1.71 bits per heavy atom. The van der Waals surface area contributed by atoms with Gasteiger partial charge in [-0.05, 0) is 43.6 Å². The molecule has 28 heavy (non-hydrogen) atoms. The molecule has 0 amide bonds. The van der Waals surface area contributed by atoms with Crippen LogP contribution in [0.5, 0.6) is 0 Å². The number of carbonyl (C=O) groups excluding carboxylic acids is 1. The zero-order chi connectivity index (χ0) is 21.1. The lowest BCUT2D eigenvalue weighted by Crippen LogP contribution is -2.44. The van der Waals surface area contributed by atoms with Crippen molar-refractivity contribution in [1.82, 2.24) is 9.13 Å². The van der Waals surface area contributed by atoms with Crippen LogP contribution < -0.4 is 11.2 Å². The summed E-state index contributed by atoms with van der Waals surface area (Å²) in [6, 6.07) is 9.39. The Morgan fingerprint density at radius 1 is 1.11 bits per heavy atom. The molecule has 1 aromatic carbocycles. The largest absolute Gasteiger partial charge is 0.417 e. The van der Waals surface area contributed by atoms with E-state index in [-0.39, 0.29) is 11.1 Å². The summed E-state index contributed by atoms with van der Waals surface area (Å²) in [5, 5.41) is 0.113. The predicted molar refractivity (Wildman–Crippen MR) is 114 cm³/mol. The number of benzene rings is 1. The highest BCUT2D eigenvalue weighted by molar-refractivity contribution is 6.74.